The Labute approximate surface area is 103 Å². The quantitative estimate of drug-likeness (QED) is 0.530. The van der Waals surface area contributed by atoms with Crippen LogP contribution in [-0.4, -0.2) is 29.6 Å². The minimum Gasteiger partial charge on any atom is -0.481 e. The zero-order valence-electron chi connectivity index (χ0n) is 10.7. The van der Waals surface area contributed by atoms with E-state index in [0.29, 0.717) is 25.8 Å². The van der Waals surface area contributed by atoms with E-state index in [1.165, 1.54) is 0 Å². The van der Waals surface area contributed by atoms with Gasteiger partial charge >= 0.3 is 5.97 Å². The van der Waals surface area contributed by atoms with E-state index in [1.807, 2.05) is 6.92 Å². The molecule has 0 saturated carbocycles. The Morgan fingerprint density at radius 2 is 2.00 bits per heavy atom. The summed E-state index contributed by atoms with van der Waals surface area (Å²) >= 11 is 0. The van der Waals surface area contributed by atoms with Crippen LogP contribution in [0, 0.1) is 5.92 Å². The number of nitrogens with one attached hydrogen (secondary N) is 1. The summed E-state index contributed by atoms with van der Waals surface area (Å²) in [7, 11) is 0. The van der Waals surface area contributed by atoms with Gasteiger partial charge in [0, 0.05) is 19.0 Å². The van der Waals surface area contributed by atoms with Gasteiger partial charge in [0.25, 0.3) is 0 Å². The molecule has 0 bridgehead atoms. The molecule has 0 fully saturated rings. The van der Waals surface area contributed by atoms with Crippen molar-refractivity contribution in [3.05, 3.63) is 0 Å². The molecule has 0 saturated heterocycles. The number of hydrogen-bond donors (Lipinski definition) is 3. The summed E-state index contributed by atoms with van der Waals surface area (Å²) in [5.74, 6) is -1.19. The van der Waals surface area contributed by atoms with Gasteiger partial charge in [0.1, 0.15) is 0 Å². The predicted octanol–water partition coefficient (Wildman–Crippen LogP) is 1.12. The molecule has 0 heterocycles. The molecule has 0 aromatic heterocycles. The number of aliphatic carboxylic acids is 1. The van der Waals surface area contributed by atoms with Gasteiger partial charge in [0.15, 0.2) is 0 Å². The van der Waals surface area contributed by atoms with Gasteiger partial charge in [0.05, 0.1) is 5.92 Å². The molecular formula is C12H24N2O3. The van der Waals surface area contributed by atoms with Crippen molar-refractivity contribution in [2.75, 3.05) is 6.54 Å². The first kappa shape index (κ1) is 15.9. The first-order valence-corrected chi connectivity index (χ1v) is 6.22. The summed E-state index contributed by atoms with van der Waals surface area (Å²) in [4.78, 5) is 21.9. The fourth-order valence-corrected chi connectivity index (χ4v) is 1.54. The lowest BCUT2D eigenvalue weighted by molar-refractivity contribution is -0.141. The molecule has 1 amide bonds. The highest BCUT2D eigenvalue weighted by molar-refractivity contribution is 5.76. The number of carboxylic acids is 1. The Morgan fingerprint density at radius 1 is 1.35 bits per heavy atom. The third-order valence-corrected chi connectivity index (χ3v) is 2.66. The molecule has 0 aromatic rings. The fourth-order valence-electron chi connectivity index (χ4n) is 1.54. The highest BCUT2D eigenvalue weighted by Crippen LogP contribution is 2.04. The van der Waals surface area contributed by atoms with Crippen LogP contribution in [0.4, 0.5) is 0 Å². The average Bonchev–Trinajstić information content (AvgIpc) is 2.24. The van der Waals surface area contributed by atoms with E-state index in [-0.39, 0.29) is 17.9 Å². The normalized spacial score (nSPS) is 14.1. The molecule has 0 aliphatic heterocycles. The Kier molecular flexibility index (Phi) is 8.40. The van der Waals surface area contributed by atoms with Gasteiger partial charge < -0.3 is 16.2 Å². The largest absolute Gasteiger partial charge is 0.481 e. The number of hydrogen-bond acceptors (Lipinski definition) is 3. The van der Waals surface area contributed by atoms with Crippen LogP contribution in [0.25, 0.3) is 0 Å². The lowest BCUT2D eigenvalue weighted by Crippen LogP contribution is -2.32. The minimum absolute atomic E-state index is 0.0473. The molecule has 17 heavy (non-hydrogen) atoms. The Hall–Kier alpha value is -1.10. The zero-order valence-corrected chi connectivity index (χ0v) is 10.7. The Bertz CT molecular complexity index is 244. The summed E-state index contributed by atoms with van der Waals surface area (Å²) in [5, 5.41) is 11.4. The molecule has 0 aromatic carbocycles. The molecule has 0 radical (unpaired) electrons. The molecule has 0 aliphatic carbocycles. The average molecular weight is 244 g/mol. The van der Waals surface area contributed by atoms with Crippen LogP contribution in [0.3, 0.4) is 0 Å². The summed E-state index contributed by atoms with van der Waals surface area (Å²) < 4.78 is 0. The highest BCUT2D eigenvalue weighted by atomic mass is 16.4. The minimum atomic E-state index is -0.790. The van der Waals surface area contributed by atoms with E-state index in [2.05, 4.69) is 5.32 Å². The lowest BCUT2D eigenvalue weighted by atomic mass is 10.1. The van der Waals surface area contributed by atoms with E-state index >= 15 is 0 Å². The summed E-state index contributed by atoms with van der Waals surface area (Å²) in [6.45, 7) is 4.22. The maximum absolute atomic E-state index is 11.4. The van der Waals surface area contributed by atoms with Crippen LogP contribution < -0.4 is 11.1 Å². The van der Waals surface area contributed by atoms with Crippen molar-refractivity contribution in [1.29, 1.82) is 0 Å². The van der Waals surface area contributed by atoms with Crippen molar-refractivity contribution in [2.45, 2.75) is 52.0 Å². The lowest BCUT2D eigenvalue weighted by Gasteiger charge is -2.11. The van der Waals surface area contributed by atoms with Crippen LogP contribution in [-0.2, 0) is 9.59 Å². The van der Waals surface area contributed by atoms with Gasteiger partial charge in [0.2, 0.25) is 5.91 Å². The first-order valence-electron chi connectivity index (χ1n) is 6.22. The molecule has 0 aliphatic rings. The van der Waals surface area contributed by atoms with Crippen molar-refractivity contribution in [2.24, 2.45) is 11.7 Å². The summed E-state index contributed by atoms with van der Waals surface area (Å²) in [5.41, 5.74) is 5.74. The maximum atomic E-state index is 11.4. The Balaban J connectivity index is 3.55. The molecule has 100 valence electrons. The van der Waals surface area contributed by atoms with Crippen LogP contribution in [0.2, 0.25) is 0 Å². The van der Waals surface area contributed by atoms with Gasteiger partial charge in [-0.3, -0.25) is 9.59 Å². The maximum Gasteiger partial charge on any atom is 0.306 e. The van der Waals surface area contributed by atoms with Gasteiger partial charge in [-0.15, -0.1) is 0 Å². The third kappa shape index (κ3) is 8.68. The molecule has 5 nitrogen and oxygen atoms in total. The van der Waals surface area contributed by atoms with Crippen LogP contribution in [0.5, 0.6) is 0 Å². The molecule has 2 unspecified atom stereocenters. The van der Waals surface area contributed by atoms with Crippen molar-refractivity contribution < 1.29 is 14.7 Å². The monoisotopic (exact) mass is 244 g/mol. The summed E-state index contributed by atoms with van der Waals surface area (Å²) in [6.07, 6.45) is 3.44. The SMILES string of the molecule is CCCC(N)CC(=O)NCCCC(C)C(=O)O. The Morgan fingerprint density at radius 3 is 2.53 bits per heavy atom. The molecule has 5 heteroatoms. The second kappa shape index (κ2) is 8.98. The number of nitrogens with two attached hydrogens (primary N) is 1. The van der Waals surface area contributed by atoms with Crippen molar-refractivity contribution >= 4 is 11.9 Å². The van der Waals surface area contributed by atoms with E-state index in [0.717, 1.165) is 12.8 Å². The molecule has 2 atom stereocenters. The van der Waals surface area contributed by atoms with Crippen molar-refractivity contribution in [1.82, 2.24) is 5.32 Å². The molecule has 0 spiro atoms. The number of amides is 1. The molecule has 4 N–H and O–H groups in total. The zero-order chi connectivity index (χ0) is 13.3. The number of rotatable bonds is 9. The molecular weight excluding hydrogens is 220 g/mol. The van der Waals surface area contributed by atoms with Gasteiger partial charge in [-0.2, -0.15) is 0 Å². The van der Waals surface area contributed by atoms with Gasteiger partial charge in [-0.1, -0.05) is 20.3 Å². The molecule has 0 rings (SSSR count). The highest BCUT2D eigenvalue weighted by Gasteiger charge is 2.11. The number of carbonyl (C=O) groups excluding carboxylic acids is 1. The second-order valence-corrected chi connectivity index (χ2v) is 4.48. The number of carboxylic acid groups (broad SMARTS) is 1. The first-order chi connectivity index (χ1) is 7.97. The predicted molar refractivity (Wildman–Crippen MR) is 66.5 cm³/mol. The van der Waals surface area contributed by atoms with Crippen LogP contribution in [0.15, 0.2) is 0 Å². The standard InChI is InChI=1S/C12H24N2O3/c1-3-5-10(13)8-11(15)14-7-4-6-9(2)12(16)17/h9-10H,3-8,13H2,1-2H3,(H,14,15)(H,16,17). The van der Waals surface area contributed by atoms with E-state index in [1.54, 1.807) is 6.92 Å². The fraction of sp³-hybridized carbons (Fsp3) is 0.833. The topological polar surface area (TPSA) is 92.4 Å². The van der Waals surface area contributed by atoms with Crippen molar-refractivity contribution in [3.8, 4) is 0 Å². The van der Waals surface area contributed by atoms with E-state index < -0.39 is 5.97 Å². The van der Waals surface area contributed by atoms with Crippen molar-refractivity contribution in [3.63, 3.8) is 0 Å². The second-order valence-electron chi connectivity index (χ2n) is 4.48. The van der Waals surface area contributed by atoms with E-state index in [4.69, 9.17) is 10.8 Å². The van der Waals surface area contributed by atoms with Crippen LogP contribution >= 0.6 is 0 Å². The number of carbonyl (C=O) groups is 2. The smallest absolute Gasteiger partial charge is 0.306 e. The van der Waals surface area contributed by atoms with E-state index in [9.17, 15) is 9.59 Å². The third-order valence-electron chi connectivity index (χ3n) is 2.66. The van der Waals surface area contributed by atoms with Gasteiger partial charge in [-0.05, 0) is 19.3 Å². The summed E-state index contributed by atoms with van der Waals surface area (Å²) in [6, 6.07) is -0.0713. The van der Waals surface area contributed by atoms with Gasteiger partial charge in [-0.25, -0.2) is 0 Å². The van der Waals surface area contributed by atoms with Crippen LogP contribution in [0.1, 0.15) is 46.0 Å².